The van der Waals surface area contributed by atoms with Gasteiger partial charge in [0.2, 0.25) is 0 Å². The zero-order valence-corrected chi connectivity index (χ0v) is 20.5. The number of Topliss-reactive ketones (excluding diaryl/α,β-unsaturated/α-hetero) is 1. The van der Waals surface area contributed by atoms with E-state index >= 15 is 0 Å². The Morgan fingerprint density at radius 3 is 2.88 bits per heavy atom. The van der Waals surface area contributed by atoms with Crippen molar-refractivity contribution in [3.8, 4) is 0 Å². The number of nitrogens with zero attached hydrogens (tertiary/aromatic N) is 3. The molecule has 6 nitrogen and oxygen atoms in total. The molecule has 4 heterocycles. The lowest BCUT2D eigenvalue weighted by molar-refractivity contribution is 0.0957. The van der Waals surface area contributed by atoms with Gasteiger partial charge in [0.15, 0.2) is 10.9 Å². The van der Waals surface area contributed by atoms with E-state index in [-0.39, 0.29) is 23.2 Å². The van der Waals surface area contributed by atoms with Gasteiger partial charge < -0.3 is 9.30 Å². The van der Waals surface area contributed by atoms with Gasteiger partial charge in [0.1, 0.15) is 4.83 Å². The third-order valence-electron chi connectivity index (χ3n) is 5.94. The lowest BCUT2D eigenvalue weighted by Crippen LogP contribution is -2.22. The third kappa shape index (κ3) is 4.49. The zero-order chi connectivity index (χ0) is 22.8. The molecule has 32 heavy (non-hydrogen) atoms. The Bertz CT molecular complexity index is 1220. The molecule has 1 aliphatic heterocycles. The number of fused-ring (bicyclic) bond motifs is 1. The van der Waals surface area contributed by atoms with Crippen LogP contribution in [0, 0.1) is 13.8 Å². The van der Waals surface area contributed by atoms with Gasteiger partial charge >= 0.3 is 0 Å². The Kier molecular flexibility index (Phi) is 7.02. The first kappa shape index (κ1) is 23.0. The average Bonchev–Trinajstić information content (AvgIpc) is 3.50. The number of thioether (sulfide) groups is 1. The van der Waals surface area contributed by atoms with Crippen molar-refractivity contribution in [3.63, 3.8) is 0 Å². The van der Waals surface area contributed by atoms with Gasteiger partial charge in [-0.3, -0.25) is 14.2 Å². The standard InChI is InChI=1S/C24H29N3O3S2/c1-5-9-26-23(29)20-12-18(6-2)32-22(20)25-24(26)31-14-21(28)19-11-15(3)27(16(19)4)13-17-8-7-10-30-17/h5,11-12,17H,1,6-10,13-14H2,2-4H3. The monoisotopic (exact) mass is 471 g/mol. The number of carbonyl (C=O) groups is 1. The van der Waals surface area contributed by atoms with Gasteiger partial charge in [0, 0.05) is 41.5 Å². The summed E-state index contributed by atoms with van der Waals surface area (Å²) in [4.78, 5) is 32.7. The Balaban J connectivity index is 1.57. The second-order valence-corrected chi connectivity index (χ2v) is 10.2. The highest BCUT2D eigenvalue weighted by Gasteiger charge is 2.22. The number of allylic oxidation sites excluding steroid dienone is 1. The lowest BCUT2D eigenvalue weighted by atomic mass is 10.2. The topological polar surface area (TPSA) is 66.1 Å². The maximum atomic E-state index is 13.1. The van der Waals surface area contributed by atoms with Crippen LogP contribution in [0.1, 0.15) is 46.4 Å². The third-order valence-corrected chi connectivity index (χ3v) is 8.09. The number of ketones is 1. The summed E-state index contributed by atoms with van der Waals surface area (Å²) in [7, 11) is 0. The molecule has 0 amide bonds. The molecule has 0 saturated carbocycles. The normalized spacial score (nSPS) is 16.2. The number of thiophene rings is 1. The van der Waals surface area contributed by atoms with Crippen molar-refractivity contribution in [1.29, 1.82) is 0 Å². The Morgan fingerprint density at radius 1 is 1.38 bits per heavy atom. The van der Waals surface area contributed by atoms with Crippen molar-refractivity contribution >= 4 is 39.1 Å². The van der Waals surface area contributed by atoms with E-state index in [1.807, 2.05) is 26.0 Å². The van der Waals surface area contributed by atoms with Crippen LogP contribution in [0.5, 0.6) is 0 Å². The molecule has 0 bridgehead atoms. The number of carbonyl (C=O) groups excluding carboxylic acids is 1. The molecule has 1 unspecified atom stereocenters. The fourth-order valence-electron chi connectivity index (χ4n) is 4.19. The van der Waals surface area contributed by atoms with Gasteiger partial charge in [-0.2, -0.15) is 0 Å². The molecule has 0 aromatic carbocycles. The fraction of sp³-hybridized carbons (Fsp3) is 0.458. The minimum Gasteiger partial charge on any atom is -0.376 e. The molecule has 8 heteroatoms. The van der Waals surface area contributed by atoms with Crippen molar-refractivity contribution in [2.24, 2.45) is 0 Å². The van der Waals surface area contributed by atoms with Crippen LogP contribution in [0.4, 0.5) is 0 Å². The van der Waals surface area contributed by atoms with Crippen LogP contribution in [-0.2, 0) is 24.2 Å². The minimum atomic E-state index is -0.0736. The number of ether oxygens (including phenoxy) is 1. The van der Waals surface area contributed by atoms with Gasteiger partial charge in [-0.25, -0.2) is 4.98 Å². The Hall–Kier alpha value is -2.16. The number of hydrogen-bond acceptors (Lipinski definition) is 6. The summed E-state index contributed by atoms with van der Waals surface area (Å²) in [6.45, 7) is 11.8. The number of aromatic nitrogens is 3. The first-order valence-electron chi connectivity index (χ1n) is 11.0. The SMILES string of the molecule is C=CCn1c(SCC(=O)c2cc(C)n(CC3CCCO3)c2C)nc2sc(CC)cc2c1=O. The maximum absolute atomic E-state index is 13.1. The van der Waals surface area contributed by atoms with Crippen molar-refractivity contribution < 1.29 is 9.53 Å². The van der Waals surface area contributed by atoms with Crippen LogP contribution in [0.25, 0.3) is 10.2 Å². The average molecular weight is 472 g/mol. The van der Waals surface area contributed by atoms with Crippen LogP contribution in [0.2, 0.25) is 0 Å². The molecule has 0 spiro atoms. The molecule has 1 fully saturated rings. The molecule has 0 radical (unpaired) electrons. The molecular weight excluding hydrogens is 442 g/mol. The van der Waals surface area contributed by atoms with E-state index in [9.17, 15) is 9.59 Å². The summed E-state index contributed by atoms with van der Waals surface area (Å²) in [5, 5.41) is 1.20. The molecule has 0 N–H and O–H groups in total. The number of hydrogen-bond donors (Lipinski definition) is 0. The van der Waals surface area contributed by atoms with Crippen LogP contribution in [0.15, 0.2) is 34.7 Å². The van der Waals surface area contributed by atoms with Crippen LogP contribution in [-0.4, -0.2) is 38.4 Å². The van der Waals surface area contributed by atoms with Gasteiger partial charge in [-0.1, -0.05) is 24.8 Å². The minimum absolute atomic E-state index is 0.0432. The van der Waals surface area contributed by atoms with Crippen molar-refractivity contribution in [2.45, 2.75) is 64.4 Å². The van der Waals surface area contributed by atoms with Gasteiger partial charge in [0.05, 0.1) is 17.2 Å². The summed E-state index contributed by atoms with van der Waals surface area (Å²) in [6, 6.07) is 3.89. The number of rotatable bonds is 9. The van der Waals surface area contributed by atoms with Crippen LogP contribution >= 0.6 is 23.1 Å². The summed E-state index contributed by atoms with van der Waals surface area (Å²) >= 11 is 2.86. The molecular formula is C24H29N3O3S2. The van der Waals surface area contributed by atoms with E-state index in [4.69, 9.17) is 9.72 Å². The predicted octanol–water partition coefficient (Wildman–Crippen LogP) is 4.78. The molecule has 0 aliphatic carbocycles. The van der Waals surface area contributed by atoms with E-state index in [2.05, 4.69) is 18.1 Å². The van der Waals surface area contributed by atoms with Crippen LogP contribution in [0.3, 0.4) is 0 Å². The van der Waals surface area contributed by atoms with Crippen LogP contribution < -0.4 is 5.56 Å². The molecule has 1 saturated heterocycles. The molecule has 3 aromatic heterocycles. The van der Waals surface area contributed by atoms with E-state index < -0.39 is 0 Å². The van der Waals surface area contributed by atoms with Crippen molar-refractivity contribution in [3.05, 3.63) is 57.0 Å². The maximum Gasteiger partial charge on any atom is 0.263 e. The Morgan fingerprint density at radius 2 is 2.19 bits per heavy atom. The molecule has 4 rings (SSSR count). The highest BCUT2D eigenvalue weighted by Crippen LogP contribution is 2.27. The molecule has 1 atom stereocenters. The summed E-state index contributed by atoms with van der Waals surface area (Å²) in [5.74, 6) is 0.271. The fourth-order valence-corrected chi connectivity index (χ4v) is 6.09. The number of aryl methyl sites for hydroxylation is 2. The van der Waals surface area contributed by atoms with Gasteiger partial charge in [-0.15, -0.1) is 17.9 Å². The lowest BCUT2D eigenvalue weighted by Gasteiger charge is -2.14. The predicted molar refractivity (Wildman–Crippen MR) is 131 cm³/mol. The summed E-state index contributed by atoms with van der Waals surface area (Å²) < 4.78 is 9.57. The van der Waals surface area contributed by atoms with Gasteiger partial charge in [0.25, 0.3) is 5.56 Å². The van der Waals surface area contributed by atoms with Crippen molar-refractivity contribution in [1.82, 2.24) is 14.1 Å². The molecule has 3 aromatic rings. The molecule has 170 valence electrons. The van der Waals surface area contributed by atoms with Gasteiger partial charge in [-0.05, 0) is 45.2 Å². The quantitative estimate of drug-likeness (QED) is 0.194. The molecule has 1 aliphatic rings. The first-order chi connectivity index (χ1) is 15.4. The van der Waals surface area contributed by atoms with E-state index in [1.54, 1.807) is 22.0 Å². The summed E-state index contributed by atoms with van der Waals surface area (Å²) in [6.07, 6.45) is 4.94. The van der Waals surface area contributed by atoms with E-state index in [0.29, 0.717) is 17.1 Å². The second-order valence-electron chi connectivity index (χ2n) is 8.13. The highest BCUT2D eigenvalue weighted by atomic mass is 32.2. The Labute approximate surface area is 196 Å². The second kappa shape index (κ2) is 9.77. The highest BCUT2D eigenvalue weighted by molar-refractivity contribution is 7.99. The van der Waals surface area contributed by atoms with E-state index in [1.165, 1.54) is 11.8 Å². The smallest absolute Gasteiger partial charge is 0.263 e. The largest absolute Gasteiger partial charge is 0.376 e. The van der Waals surface area contributed by atoms with E-state index in [0.717, 1.165) is 59.1 Å². The van der Waals surface area contributed by atoms with Crippen molar-refractivity contribution in [2.75, 3.05) is 12.4 Å². The summed E-state index contributed by atoms with van der Waals surface area (Å²) in [5.41, 5.74) is 2.70. The first-order valence-corrected chi connectivity index (χ1v) is 12.8. The zero-order valence-electron chi connectivity index (χ0n) is 18.8.